The highest BCUT2D eigenvalue weighted by Crippen LogP contribution is 2.46. The Balaban J connectivity index is 1.85. The first kappa shape index (κ1) is 18.1. The van der Waals surface area contributed by atoms with Crippen LogP contribution in [0, 0.1) is 6.92 Å². The van der Waals surface area contributed by atoms with Crippen LogP contribution in [0.15, 0.2) is 30.3 Å². The number of hydrogen-bond acceptors (Lipinski definition) is 3. The van der Waals surface area contributed by atoms with Crippen molar-refractivity contribution in [1.29, 1.82) is 0 Å². The molecular formula is C20H20Cl2O3. The Hall–Kier alpha value is -1.71. The number of carbonyl (C=O) groups excluding carboxylic acids is 1. The van der Waals surface area contributed by atoms with E-state index in [0.29, 0.717) is 33.7 Å². The van der Waals surface area contributed by atoms with Crippen molar-refractivity contribution in [3.05, 3.63) is 57.1 Å². The Morgan fingerprint density at radius 3 is 2.60 bits per heavy atom. The molecule has 0 heterocycles. The summed E-state index contributed by atoms with van der Waals surface area (Å²) in [7, 11) is 0. The third-order valence-electron chi connectivity index (χ3n) is 4.27. The summed E-state index contributed by atoms with van der Waals surface area (Å²) in [5.74, 6) is 1.44. The summed E-state index contributed by atoms with van der Waals surface area (Å²) in [6, 6.07) is 9.19. The number of esters is 1. The Morgan fingerprint density at radius 2 is 1.92 bits per heavy atom. The van der Waals surface area contributed by atoms with Crippen LogP contribution in [0.3, 0.4) is 0 Å². The number of ether oxygens (including phenoxy) is 2. The molecule has 0 aliphatic heterocycles. The molecule has 0 unspecified atom stereocenters. The van der Waals surface area contributed by atoms with Crippen LogP contribution < -0.4 is 9.47 Å². The normalized spacial score (nSPS) is 13.6. The summed E-state index contributed by atoms with van der Waals surface area (Å²) < 4.78 is 11.4. The summed E-state index contributed by atoms with van der Waals surface area (Å²) in [5, 5.41) is 1.18. The van der Waals surface area contributed by atoms with E-state index in [2.05, 4.69) is 6.07 Å². The maximum atomic E-state index is 11.6. The number of benzene rings is 2. The zero-order valence-corrected chi connectivity index (χ0v) is 15.8. The molecule has 1 saturated carbocycles. The fourth-order valence-electron chi connectivity index (χ4n) is 2.64. The molecule has 1 aliphatic carbocycles. The van der Waals surface area contributed by atoms with Crippen LogP contribution in [-0.4, -0.2) is 5.97 Å². The summed E-state index contributed by atoms with van der Waals surface area (Å²) in [5.41, 5.74) is 2.89. The van der Waals surface area contributed by atoms with Crippen molar-refractivity contribution in [1.82, 2.24) is 0 Å². The minimum Gasteiger partial charge on any atom is -0.488 e. The van der Waals surface area contributed by atoms with Gasteiger partial charge in [0.1, 0.15) is 18.1 Å². The third kappa shape index (κ3) is 4.28. The van der Waals surface area contributed by atoms with Gasteiger partial charge in [-0.2, -0.15) is 0 Å². The van der Waals surface area contributed by atoms with E-state index in [0.717, 1.165) is 11.3 Å². The zero-order chi connectivity index (χ0) is 18.0. The van der Waals surface area contributed by atoms with E-state index in [1.807, 2.05) is 13.0 Å². The Kier molecular flexibility index (Phi) is 5.55. The lowest BCUT2D eigenvalue weighted by atomic mass is 10.1. The molecule has 132 valence electrons. The van der Waals surface area contributed by atoms with Crippen LogP contribution in [0.5, 0.6) is 11.5 Å². The van der Waals surface area contributed by atoms with Gasteiger partial charge in [-0.3, -0.25) is 4.79 Å². The standard InChI is InChI=1S/C20H20Cl2O3/c1-3-20(23)25-18-6-4-5-16(21)15(18)11-24-19-10-17(22)12(2)9-14(19)13-7-8-13/h4-6,9-10,13H,3,7-8,11H2,1-2H3. The van der Waals surface area contributed by atoms with Crippen LogP contribution >= 0.6 is 23.2 Å². The van der Waals surface area contributed by atoms with Gasteiger partial charge in [0.2, 0.25) is 0 Å². The molecule has 0 aromatic heterocycles. The minimum atomic E-state index is -0.305. The van der Waals surface area contributed by atoms with Crippen molar-refractivity contribution in [3.63, 3.8) is 0 Å². The summed E-state index contributed by atoms with van der Waals surface area (Å²) >= 11 is 12.6. The maximum absolute atomic E-state index is 11.6. The van der Waals surface area contributed by atoms with E-state index in [-0.39, 0.29) is 12.6 Å². The maximum Gasteiger partial charge on any atom is 0.310 e. The van der Waals surface area contributed by atoms with Gasteiger partial charge in [-0.05, 0) is 55.0 Å². The van der Waals surface area contributed by atoms with Crippen LogP contribution in [0.2, 0.25) is 10.0 Å². The lowest BCUT2D eigenvalue weighted by Crippen LogP contribution is -2.09. The first-order valence-electron chi connectivity index (χ1n) is 8.40. The van der Waals surface area contributed by atoms with Crippen molar-refractivity contribution in [2.24, 2.45) is 0 Å². The van der Waals surface area contributed by atoms with Crippen LogP contribution in [0.4, 0.5) is 0 Å². The third-order valence-corrected chi connectivity index (χ3v) is 5.03. The summed E-state index contributed by atoms with van der Waals surface area (Å²) in [6.45, 7) is 3.96. The van der Waals surface area contributed by atoms with Crippen molar-refractivity contribution in [3.8, 4) is 11.5 Å². The molecule has 1 aliphatic rings. The van der Waals surface area contributed by atoms with E-state index in [4.69, 9.17) is 32.7 Å². The van der Waals surface area contributed by atoms with E-state index in [1.165, 1.54) is 18.4 Å². The van der Waals surface area contributed by atoms with Gasteiger partial charge in [-0.15, -0.1) is 0 Å². The van der Waals surface area contributed by atoms with Crippen molar-refractivity contribution in [2.75, 3.05) is 0 Å². The SMILES string of the molecule is CCC(=O)Oc1cccc(Cl)c1COc1cc(Cl)c(C)cc1C1CC1. The Bertz CT molecular complexity index is 798. The number of rotatable bonds is 6. The Morgan fingerprint density at radius 1 is 1.16 bits per heavy atom. The topological polar surface area (TPSA) is 35.5 Å². The highest BCUT2D eigenvalue weighted by Gasteiger charge is 2.27. The highest BCUT2D eigenvalue weighted by molar-refractivity contribution is 6.31. The molecule has 3 nitrogen and oxygen atoms in total. The van der Waals surface area contributed by atoms with Crippen LogP contribution in [0.1, 0.15) is 48.8 Å². The van der Waals surface area contributed by atoms with Gasteiger partial charge in [-0.25, -0.2) is 0 Å². The lowest BCUT2D eigenvalue weighted by Gasteiger charge is -2.16. The van der Waals surface area contributed by atoms with E-state index in [9.17, 15) is 4.79 Å². The molecule has 0 spiro atoms. The molecule has 0 saturated heterocycles. The second-order valence-corrected chi connectivity index (χ2v) is 7.06. The predicted molar refractivity (Wildman–Crippen MR) is 99.9 cm³/mol. The second kappa shape index (κ2) is 7.67. The molecule has 3 rings (SSSR count). The molecule has 0 amide bonds. The molecule has 1 fully saturated rings. The van der Waals surface area contributed by atoms with Gasteiger partial charge in [-0.1, -0.05) is 42.3 Å². The first-order valence-corrected chi connectivity index (χ1v) is 9.16. The molecule has 0 atom stereocenters. The van der Waals surface area contributed by atoms with Crippen molar-refractivity contribution >= 4 is 29.2 Å². The van der Waals surface area contributed by atoms with E-state index < -0.39 is 0 Å². The van der Waals surface area contributed by atoms with Crippen molar-refractivity contribution in [2.45, 2.75) is 45.6 Å². The van der Waals surface area contributed by atoms with E-state index >= 15 is 0 Å². The van der Waals surface area contributed by atoms with Crippen molar-refractivity contribution < 1.29 is 14.3 Å². The van der Waals surface area contributed by atoms with Crippen LogP contribution in [-0.2, 0) is 11.4 Å². The van der Waals surface area contributed by atoms with Gasteiger partial charge >= 0.3 is 5.97 Å². The Labute approximate surface area is 157 Å². The molecule has 5 heteroatoms. The highest BCUT2D eigenvalue weighted by atomic mass is 35.5. The fraction of sp³-hybridized carbons (Fsp3) is 0.350. The largest absolute Gasteiger partial charge is 0.488 e. The van der Waals surface area contributed by atoms with Gasteiger partial charge in [0.25, 0.3) is 0 Å². The second-order valence-electron chi connectivity index (χ2n) is 6.25. The number of hydrogen-bond donors (Lipinski definition) is 0. The van der Waals surface area contributed by atoms with E-state index in [1.54, 1.807) is 25.1 Å². The van der Waals surface area contributed by atoms with Gasteiger partial charge in [0.05, 0.1) is 10.6 Å². The summed E-state index contributed by atoms with van der Waals surface area (Å²) in [4.78, 5) is 11.6. The molecule has 0 bridgehead atoms. The monoisotopic (exact) mass is 378 g/mol. The molecule has 25 heavy (non-hydrogen) atoms. The average Bonchev–Trinajstić information content (AvgIpc) is 3.42. The minimum absolute atomic E-state index is 0.213. The number of carbonyl (C=O) groups is 1. The smallest absolute Gasteiger partial charge is 0.310 e. The van der Waals surface area contributed by atoms with Gasteiger partial charge < -0.3 is 9.47 Å². The zero-order valence-electron chi connectivity index (χ0n) is 14.3. The average molecular weight is 379 g/mol. The lowest BCUT2D eigenvalue weighted by molar-refractivity contribution is -0.134. The van der Waals surface area contributed by atoms with Crippen LogP contribution in [0.25, 0.3) is 0 Å². The predicted octanol–water partition coefficient (Wildman–Crippen LogP) is 6.07. The quantitative estimate of drug-likeness (QED) is 0.451. The number of halogens is 2. The summed E-state index contributed by atoms with van der Waals surface area (Å²) in [6.07, 6.45) is 2.64. The molecule has 2 aromatic rings. The molecule has 0 radical (unpaired) electrons. The number of aryl methyl sites for hydroxylation is 1. The molecule has 2 aromatic carbocycles. The van der Waals surface area contributed by atoms with Gasteiger partial charge in [0, 0.05) is 11.4 Å². The fourth-order valence-corrected chi connectivity index (χ4v) is 3.02. The molecular weight excluding hydrogens is 359 g/mol. The first-order chi connectivity index (χ1) is 12.0. The van der Waals surface area contributed by atoms with Gasteiger partial charge in [0.15, 0.2) is 0 Å². The molecule has 0 N–H and O–H groups in total.